The van der Waals surface area contributed by atoms with Crippen LogP contribution in [0.15, 0.2) is 0 Å². The first-order valence-electron chi connectivity index (χ1n) is 6.46. The lowest BCUT2D eigenvalue weighted by molar-refractivity contribution is -0.147. The topological polar surface area (TPSA) is 69.6 Å². The normalized spacial score (nSPS) is 24.1. The van der Waals surface area contributed by atoms with E-state index in [1.165, 1.54) is 0 Å². The van der Waals surface area contributed by atoms with Gasteiger partial charge in [0.05, 0.1) is 5.41 Å². The molecule has 18 heavy (non-hydrogen) atoms. The number of nitrogens with zero attached hydrogens (tertiary/aromatic N) is 1. The van der Waals surface area contributed by atoms with Crippen LogP contribution < -0.4 is 5.32 Å². The van der Waals surface area contributed by atoms with Gasteiger partial charge in [-0.05, 0) is 25.2 Å². The van der Waals surface area contributed by atoms with Crippen molar-refractivity contribution in [3.05, 3.63) is 0 Å². The minimum atomic E-state index is -0.827. The molecule has 1 unspecified atom stereocenters. The van der Waals surface area contributed by atoms with Gasteiger partial charge < -0.3 is 15.3 Å². The first-order chi connectivity index (χ1) is 8.20. The molecule has 0 bridgehead atoms. The maximum Gasteiger partial charge on any atom is 0.317 e. The van der Waals surface area contributed by atoms with Crippen LogP contribution in [-0.4, -0.2) is 41.6 Å². The highest BCUT2D eigenvalue weighted by atomic mass is 16.4. The number of aliphatic carboxylic acids is 1. The van der Waals surface area contributed by atoms with E-state index in [1.54, 1.807) is 11.8 Å². The largest absolute Gasteiger partial charge is 0.481 e. The zero-order valence-electron chi connectivity index (χ0n) is 11.7. The fraction of sp³-hybridized carbons (Fsp3) is 0.846. The quantitative estimate of drug-likeness (QED) is 0.807. The van der Waals surface area contributed by atoms with Crippen molar-refractivity contribution >= 4 is 12.0 Å². The molecule has 2 amide bonds. The molecule has 0 radical (unpaired) electrons. The van der Waals surface area contributed by atoms with Crippen molar-refractivity contribution in [2.75, 3.05) is 19.6 Å². The number of amides is 2. The number of carbonyl (C=O) groups excluding carboxylic acids is 1. The number of carboxylic acids is 1. The van der Waals surface area contributed by atoms with E-state index < -0.39 is 11.4 Å². The molecule has 1 aliphatic rings. The molecule has 5 heteroatoms. The van der Waals surface area contributed by atoms with Gasteiger partial charge in [0, 0.05) is 19.6 Å². The van der Waals surface area contributed by atoms with E-state index in [1.807, 2.05) is 0 Å². The highest BCUT2D eigenvalue weighted by molar-refractivity contribution is 5.79. The fourth-order valence-electron chi connectivity index (χ4n) is 1.86. The Kier molecular flexibility index (Phi) is 4.24. The Morgan fingerprint density at radius 3 is 2.50 bits per heavy atom. The van der Waals surface area contributed by atoms with Gasteiger partial charge in [0.15, 0.2) is 0 Å². The Hall–Kier alpha value is -1.26. The molecule has 1 aliphatic heterocycles. The molecule has 0 aromatic carbocycles. The summed E-state index contributed by atoms with van der Waals surface area (Å²) in [6, 6.07) is -0.151. The third-order valence-corrected chi connectivity index (χ3v) is 3.95. The molecule has 1 rings (SSSR count). The summed E-state index contributed by atoms with van der Waals surface area (Å²) in [6.45, 7) is 9.39. The Morgan fingerprint density at radius 2 is 2.06 bits per heavy atom. The van der Waals surface area contributed by atoms with Crippen LogP contribution >= 0.6 is 0 Å². The average molecular weight is 256 g/mol. The first kappa shape index (κ1) is 14.8. The summed E-state index contributed by atoms with van der Waals surface area (Å²) in [5, 5.41) is 12.0. The Morgan fingerprint density at radius 1 is 1.44 bits per heavy atom. The van der Waals surface area contributed by atoms with Gasteiger partial charge in [-0.3, -0.25) is 4.79 Å². The average Bonchev–Trinajstić information content (AvgIpc) is 2.70. The van der Waals surface area contributed by atoms with Crippen LogP contribution in [0.25, 0.3) is 0 Å². The number of hydrogen-bond acceptors (Lipinski definition) is 2. The molecule has 0 saturated carbocycles. The number of nitrogens with one attached hydrogen (secondary N) is 1. The highest BCUT2D eigenvalue weighted by Crippen LogP contribution is 2.30. The fourth-order valence-corrected chi connectivity index (χ4v) is 1.86. The first-order valence-corrected chi connectivity index (χ1v) is 6.46. The van der Waals surface area contributed by atoms with Crippen molar-refractivity contribution < 1.29 is 14.7 Å². The van der Waals surface area contributed by atoms with Gasteiger partial charge in [-0.25, -0.2) is 4.79 Å². The van der Waals surface area contributed by atoms with Crippen molar-refractivity contribution in [1.29, 1.82) is 0 Å². The van der Waals surface area contributed by atoms with Crippen molar-refractivity contribution in [2.24, 2.45) is 10.8 Å². The molecule has 1 heterocycles. The molecule has 0 aliphatic carbocycles. The molecule has 0 aromatic rings. The third-order valence-electron chi connectivity index (χ3n) is 3.95. The predicted octanol–water partition coefficient (Wildman–Crippen LogP) is 1.93. The number of rotatable bonds is 4. The lowest BCUT2D eigenvalue weighted by Gasteiger charge is -2.26. The number of likely N-dealkylation sites (tertiary alicyclic amines) is 1. The smallest absolute Gasteiger partial charge is 0.317 e. The van der Waals surface area contributed by atoms with E-state index >= 15 is 0 Å². The minimum Gasteiger partial charge on any atom is -0.481 e. The lowest BCUT2D eigenvalue weighted by atomic mass is 9.90. The summed E-state index contributed by atoms with van der Waals surface area (Å²) in [7, 11) is 0. The van der Waals surface area contributed by atoms with Crippen LogP contribution in [0.2, 0.25) is 0 Å². The van der Waals surface area contributed by atoms with Crippen LogP contribution in [-0.2, 0) is 4.79 Å². The molecular weight excluding hydrogens is 232 g/mol. The Labute approximate surface area is 109 Å². The summed E-state index contributed by atoms with van der Waals surface area (Å²) < 4.78 is 0. The van der Waals surface area contributed by atoms with Gasteiger partial charge >= 0.3 is 12.0 Å². The molecule has 1 fully saturated rings. The summed E-state index contributed by atoms with van der Waals surface area (Å²) in [5.74, 6) is -0.827. The van der Waals surface area contributed by atoms with Crippen LogP contribution in [0.4, 0.5) is 4.79 Å². The van der Waals surface area contributed by atoms with E-state index in [2.05, 4.69) is 26.1 Å². The van der Waals surface area contributed by atoms with Crippen LogP contribution in [0.5, 0.6) is 0 Å². The molecule has 0 spiro atoms. The van der Waals surface area contributed by atoms with Gasteiger partial charge in [-0.15, -0.1) is 0 Å². The second kappa shape index (κ2) is 5.16. The van der Waals surface area contributed by atoms with E-state index in [0.717, 1.165) is 6.42 Å². The van der Waals surface area contributed by atoms with Crippen molar-refractivity contribution in [1.82, 2.24) is 10.2 Å². The highest BCUT2D eigenvalue weighted by Gasteiger charge is 2.42. The Balaban J connectivity index is 2.49. The van der Waals surface area contributed by atoms with E-state index in [4.69, 9.17) is 5.11 Å². The predicted molar refractivity (Wildman–Crippen MR) is 69.4 cm³/mol. The molecule has 104 valence electrons. The van der Waals surface area contributed by atoms with Crippen molar-refractivity contribution in [2.45, 2.75) is 40.5 Å². The zero-order valence-corrected chi connectivity index (χ0v) is 11.7. The summed E-state index contributed by atoms with van der Waals surface area (Å²) in [5.41, 5.74) is -0.719. The third kappa shape index (κ3) is 3.37. The molecule has 1 saturated heterocycles. The van der Waals surface area contributed by atoms with Gasteiger partial charge in [0.25, 0.3) is 0 Å². The molecular formula is C13H24N2O3. The summed E-state index contributed by atoms with van der Waals surface area (Å²) in [4.78, 5) is 24.6. The number of carbonyl (C=O) groups is 2. The van der Waals surface area contributed by atoms with Gasteiger partial charge in [-0.2, -0.15) is 0 Å². The van der Waals surface area contributed by atoms with Crippen LogP contribution in [0.3, 0.4) is 0 Å². The van der Waals surface area contributed by atoms with Gasteiger partial charge in [0.1, 0.15) is 0 Å². The minimum absolute atomic E-state index is 0.0749. The molecule has 0 aromatic heterocycles. The number of carboxylic acid groups (broad SMARTS) is 1. The standard InChI is InChI=1S/C13H24N2O3/c1-5-12(2,3)8-14-11(18)15-7-6-13(4,9-15)10(16)17/h5-9H2,1-4H3,(H,14,18)(H,16,17). The second-order valence-electron chi connectivity index (χ2n) is 6.21. The molecule has 2 N–H and O–H groups in total. The van der Waals surface area contributed by atoms with Gasteiger partial charge in [0.2, 0.25) is 0 Å². The lowest BCUT2D eigenvalue weighted by Crippen LogP contribution is -2.43. The summed E-state index contributed by atoms with van der Waals surface area (Å²) >= 11 is 0. The zero-order chi connectivity index (χ0) is 14.0. The maximum absolute atomic E-state index is 11.9. The van der Waals surface area contributed by atoms with E-state index in [9.17, 15) is 9.59 Å². The monoisotopic (exact) mass is 256 g/mol. The number of urea groups is 1. The maximum atomic E-state index is 11.9. The van der Waals surface area contributed by atoms with Crippen LogP contribution in [0.1, 0.15) is 40.5 Å². The van der Waals surface area contributed by atoms with E-state index in [-0.39, 0.29) is 11.4 Å². The molecule has 5 nitrogen and oxygen atoms in total. The second-order valence-corrected chi connectivity index (χ2v) is 6.21. The number of hydrogen-bond donors (Lipinski definition) is 2. The summed E-state index contributed by atoms with van der Waals surface area (Å²) in [6.07, 6.45) is 1.51. The SMILES string of the molecule is CCC(C)(C)CNC(=O)N1CCC(C)(C(=O)O)C1. The molecule has 1 atom stereocenters. The van der Waals surface area contributed by atoms with Crippen molar-refractivity contribution in [3.63, 3.8) is 0 Å². The van der Waals surface area contributed by atoms with Gasteiger partial charge in [-0.1, -0.05) is 20.8 Å². The van der Waals surface area contributed by atoms with Crippen molar-refractivity contribution in [3.8, 4) is 0 Å². The van der Waals surface area contributed by atoms with Crippen LogP contribution in [0, 0.1) is 10.8 Å². The Bertz CT molecular complexity index is 341. The van der Waals surface area contributed by atoms with E-state index in [0.29, 0.717) is 26.1 Å².